The molecule has 0 aromatic rings. The number of halogens is 1. The number of alkyl halides is 1. The van der Waals surface area contributed by atoms with Gasteiger partial charge in [-0.05, 0) is 0 Å². The molecule has 0 bridgehead atoms. The van der Waals surface area contributed by atoms with E-state index in [0.29, 0.717) is 0 Å². The predicted molar refractivity (Wildman–Crippen MR) is 114 cm³/mol. The normalized spacial score (nSPS) is 49.1. The van der Waals surface area contributed by atoms with Crippen molar-refractivity contribution in [3.05, 3.63) is 12.7 Å². The van der Waals surface area contributed by atoms with Crippen LogP contribution in [0.5, 0.6) is 0 Å². The molecular weight excluding hydrogens is 511 g/mol. The lowest BCUT2D eigenvalue weighted by atomic mass is 9.96. The second kappa shape index (κ2) is 13.4. The van der Waals surface area contributed by atoms with Gasteiger partial charge in [0.05, 0.1) is 26.4 Å². The summed E-state index contributed by atoms with van der Waals surface area (Å²) in [5.41, 5.74) is 0. The third-order valence-electron chi connectivity index (χ3n) is 6.44. The highest BCUT2D eigenvalue weighted by Crippen LogP contribution is 2.33. The van der Waals surface area contributed by atoms with E-state index in [2.05, 4.69) is 11.3 Å². The zero-order valence-electron chi connectivity index (χ0n) is 19.6. The number of aliphatic hydroxyl groups is 9. The summed E-state index contributed by atoms with van der Waals surface area (Å²) in [6.07, 6.45) is -24.3. The van der Waals surface area contributed by atoms with Gasteiger partial charge in [-0.3, -0.25) is 0 Å². The van der Waals surface area contributed by atoms with Crippen molar-refractivity contribution in [3.8, 4) is 0 Å². The lowest BCUT2D eigenvalue weighted by Gasteiger charge is -2.48. The topological polar surface area (TPSA) is 237 Å². The van der Waals surface area contributed by atoms with Crippen LogP contribution in [0.15, 0.2) is 12.7 Å². The molecule has 37 heavy (non-hydrogen) atoms. The molecule has 0 amide bonds. The maximum absolute atomic E-state index is 14.1. The largest absolute Gasteiger partial charge is 0.394 e. The zero-order valence-corrected chi connectivity index (χ0v) is 19.6. The van der Waals surface area contributed by atoms with Gasteiger partial charge >= 0.3 is 0 Å². The standard InChI is InChI=1S/C21H35FO15/c1-2-3-32-16-10(26)8(5-24)34-20(14(16)30)37-18-12(28)9(6-25)35-21(15(18)31)36-17-11(27)7(4-23)33-19(22)13(17)29/h2,7-21,23-31H,1,3-6H2/t7-,8-,9-,10-,11-,12-,13-,14-,15-,16+,17+,18+,19+,20+,21+/m1/s1. The van der Waals surface area contributed by atoms with Crippen molar-refractivity contribution in [3.63, 3.8) is 0 Å². The molecule has 16 heteroatoms. The molecule has 9 N–H and O–H groups in total. The van der Waals surface area contributed by atoms with Crippen LogP contribution in [-0.4, -0.2) is 165 Å². The van der Waals surface area contributed by atoms with Crippen molar-refractivity contribution in [1.82, 2.24) is 0 Å². The number of aliphatic hydroxyl groups excluding tert-OH is 9. The molecule has 3 fully saturated rings. The summed E-state index contributed by atoms with van der Waals surface area (Å²) in [5, 5.41) is 91.5. The Morgan fingerprint density at radius 3 is 1.49 bits per heavy atom. The van der Waals surface area contributed by atoms with Crippen LogP contribution in [0.1, 0.15) is 0 Å². The van der Waals surface area contributed by atoms with Gasteiger partial charge in [0.15, 0.2) is 12.6 Å². The lowest BCUT2D eigenvalue weighted by Crippen LogP contribution is -2.66. The summed E-state index contributed by atoms with van der Waals surface area (Å²) in [6, 6.07) is 0. The van der Waals surface area contributed by atoms with E-state index in [1.807, 2.05) is 0 Å². The van der Waals surface area contributed by atoms with E-state index in [4.69, 9.17) is 23.7 Å². The molecule has 3 heterocycles. The molecule has 3 saturated heterocycles. The molecule has 3 aliphatic rings. The van der Waals surface area contributed by atoms with Crippen molar-refractivity contribution < 1.29 is 78.8 Å². The Bertz CT molecular complexity index is 719. The highest BCUT2D eigenvalue weighted by molar-refractivity contribution is 4.96. The van der Waals surface area contributed by atoms with Crippen molar-refractivity contribution >= 4 is 0 Å². The van der Waals surface area contributed by atoms with Crippen LogP contribution in [0, 0.1) is 0 Å². The van der Waals surface area contributed by atoms with Gasteiger partial charge in [-0.25, -0.2) is 4.39 Å². The molecule has 0 aromatic heterocycles. The minimum atomic E-state index is -2.36. The number of hydrogen-bond donors (Lipinski definition) is 9. The maximum Gasteiger partial charge on any atom is 0.228 e. The van der Waals surface area contributed by atoms with Crippen LogP contribution in [0.25, 0.3) is 0 Å². The van der Waals surface area contributed by atoms with E-state index in [9.17, 15) is 50.3 Å². The number of hydrogen-bond acceptors (Lipinski definition) is 15. The first-order valence-corrected chi connectivity index (χ1v) is 11.6. The quantitative estimate of drug-likeness (QED) is 0.116. The van der Waals surface area contributed by atoms with E-state index >= 15 is 0 Å². The van der Waals surface area contributed by atoms with E-state index < -0.39 is 112 Å². The summed E-state index contributed by atoms with van der Waals surface area (Å²) in [5.74, 6) is 0. The van der Waals surface area contributed by atoms with Crippen molar-refractivity contribution in [1.29, 1.82) is 0 Å². The molecular formula is C21H35FO15. The highest BCUT2D eigenvalue weighted by Gasteiger charge is 2.54. The van der Waals surface area contributed by atoms with Gasteiger partial charge in [0.1, 0.15) is 73.2 Å². The average molecular weight is 546 g/mol. The molecule has 216 valence electrons. The molecule has 3 rings (SSSR count). The Morgan fingerprint density at radius 2 is 1.03 bits per heavy atom. The van der Waals surface area contributed by atoms with E-state index in [1.54, 1.807) is 0 Å². The molecule has 3 aliphatic heterocycles. The van der Waals surface area contributed by atoms with Gasteiger partial charge < -0.3 is 74.4 Å². The molecule has 0 radical (unpaired) electrons. The zero-order chi connectivity index (χ0) is 27.4. The number of rotatable bonds is 10. The van der Waals surface area contributed by atoms with Crippen molar-refractivity contribution in [2.45, 2.75) is 92.2 Å². The first-order valence-electron chi connectivity index (χ1n) is 11.6. The Hall–Kier alpha value is -0.930. The number of ether oxygens (including phenoxy) is 6. The highest BCUT2D eigenvalue weighted by atomic mass is 19.1. The predicted octanol–water partition coefficient (Wildman–Crippen LogP) is -5.39. The smallest absolute Gasteiger partial charge is 0.228 e. The minimum Gasteiger partial charge on any atom is -0.394 e. The summed E-state index contributed by atoms with van der Waals surface area (Å²) in [7, 11) is 0. The van der Waals surface area contributed by atoms with Gasteiger partial charge in [-0.2, -0.15) is 0 Å². The summed E-state index contributed by atoms with van der Waals surface area (Å²) >= 11 is 0. The first kappa shape index (κ1) is 30.6. The van der Waals surface area contributed by atoms with Gasteiger partial charge in [0.2, 0.25) is 6.36 Å². The monoisotopic (exact) mass is 546 g/mol. The molecule has 15 atom stereocenters. The van der Waals surface area contributed by atoms with Crippen LogP contribution in [-0.2, 0) is 28.4 Å². The molecule has 0 unspecified atom stereocenters. The summed E-state index contributed by atoms with van der Waals surface area (Å²) < 4.78 is 45.8. The second-order valence-corrected chi connectivity index (χ2v) is 8.89. The van der Waals surface area contributed by atoms with Gasteiger partial charge in [0.25, 0.3) is 0 Å². The van der Waals surface area contributed by atoms with Crippen LogP contribution in [0.3, 0.4) is 0 Å². The third kappa shape index (κ3) is 6.46. The summed E-state index contributed by atoms with van der Waals surface area (Å²) in [6.45, 7) is 1.02. The Kier molecular flexibility index (Phi) is 11.1. The van der Waals surface area contributed by atoms with Gasteiger partial charge in [-0.15, -0.1) is 6.58 Å². The van der Waals surface area contributed by atoms with Crippen molar-refractivity contribution in [2.24, 2.45) is 0 Å². The van der Waals surface area contributed by atoms with Crippen molar-refractivity contribution in [2.75, 3.05) is 26.4 Å². The minimum absolute atomic E-state index is 0.0885. The van der Waals surface area contributed by atoms with Crippen LogP contribution in [0.4, 0.5) is 4.39 Å². The van der Waals surface area contributed by atoms with Crippen LogP contribution >= 0.6 is 0 Å². The van der Waals surface area contributed by atoms with E-state index in [-0.39, 0.29) is 6.61 Å². The third-order valence-corrected chi connectivity index (χ3v) is 6.44. The maximum atomic E-state index is 14.1. The SMILES string of the molecule is C=CCO[C@@H]1[C@@H](O)[C@H](O[C@@H]2[C@@H](O)[C@H](O[C@@H]3[C@@H](O)[C@@H](F)O[C@H](CO)[C@H]3O)O[C@H](CO)[C@H]2O)O[C@H](CO)[C@H]1O. The molecule has 15 nitrogen and oxygen atoms in total. The van der Waals surface area contributed by atoms with Crippen LogP contribution in [0.2, 0.25) is 0 Å². The molecule has 0 aromatic carbocycles. The second-order valence-electron chi connectivity index (χ2n) is 8.89. The Balaban J connectivity index is 1.80. The average Bonchev–Trinajstić information content (AvgIpc) is 2.88. The molecule has 0 spiro atoms. The van der Waals surface area contributed by atoms with Gasteiger partial charge in [0, 0.05) is 0 Å². The fourth-order valence-corrected chi connectivity index (χ4v) is 4.38. The molecule has 0 saturated carbocycles. The fraction of sp³-hybridized carbons (Fsp3) is 0.905. The first-order chi connectivity index (χ1) is 17.6. The Labute approximate surface area is 210 Å². The summed E-state index contributed by atoms with van der Waals surface area (Å²) in [4.78, 5) is 0. The van der Waals surface area contributed by atoms with Crippen LogP contribution < -0.4 is 0 Å². The Morgan fingerprint density at radius 1 is 0.622 bits per heavy atom. The fourth-order valence-electron chi connectivity index (χ4n) is 4.38. The van der Waals surface area contributed by atoms with E-state index in [1.165, 1.54) is 6.08 Å². The van der Waals surface area contributed by atoms with E-state index in [0.717, 1.165) is 0 Å². The lowest BCUT2D eigenvalue weighted by molar-refractivity contribution is -0.377. The van der Waals surface area contributed by atoms with Gasteiger partial charge in [-0.1, -0.05) is 6.08 Å². The molecule has 0 aliphatic carbocycles.